The maximum Gasteiger partial charge on any atom is 0.269 e. The van der Waals surface area contributed by atoms with E-state index in [1.54, 1.807) is 43.4 Å². The van der Waals surface area contributed by atoms with E-state index < -0.39 is 0 Å². The molecule has 0 bridgehead atoms. The molecule has 160 valence electrons. The molecule has 0 saturated carbocycles. The largest absolute Gasteiger partial charge is 0.497 e. The first-order chi connectivity index (χ1) is 15.1. The molecule has 8 nitrogen and oxygen atoms in total. The molecule has 3 heterocycles. The highest BCUT2D eigenvalue weighted by Crippen LogP contribution is 2.32. The summed E-state index contributed by atoms with van der Waals surface area (Å²) in [6.45, 7) is 1.03. The van der Waals surface area contributed by atoms with Crippen molar-refractivity contribution in [1.82, 2.24) is 24.9 Å². The molecule has 0 radical (unpaired) electrons. The molecule has 0 aliphatic carbocycles. The summed E-state index contributed by atoms with van der Waals surface area (Å²) in [6, 6.07) is 13.2. The Labute approximate surface area is 184 Å². The van der Waals surface area contributed by atoms with Crippen molar-refractivity contribution in [2.75, 3.05) is 20.8 Å². The van der Waals surface area contributed by atoms with Crippen molar-refractivity contribution in [2.24, 2.45) is 7.05 Å². The topological polar surface area (TPSA) is 83.2 Å². The van der Waals surface area contributed by atoms with Gasteiger partial charge in [-0.1, -0.05) is 6.07 Å². The number of benzene rings is 1. The summed E-state index contributed by atoms with van der Waals surface area (Å²) in [6.07, 6.45) is 1.92. The van der Waals surface area contributed by atoms with Crippen molar-refractivity contribution >= 4 is 17.2 Å². The Bertz CT molecular complexity index is 1180. The van der Waals surface area contributed by atoms with Gasteiger partial charge in [0, 0.05) is 25.4 Å². The number of carbonyl (C=O) groups excluding carboxylic acids is 1. The van der Waals surface area contributed by atoms with Crippen LogP contribution in [0.3, 0.4) is 0 Å². The summed E-state index contributed by atoms with van der Waals surface area (Å²) < 4.78 is 14.1. The van der Waals surface area contributed by atoms with Gasteiger partial charge < -0.3 is 14.8 Å². The first-order valence-corrected chi connectivity index (χ1v) is 10.6. The predicted molar refractivity (Wildman–Crippen MR) is 120 cm³/mol. The molecule has 0 unspecified atom stereocenters. The lowest BCUT2D eigenvalue weighted by Crippen LogP contribution is -2.29. The number of aryl methyl sites for hydroxylation is 1. The summed E-state index contributed by atoms with van der Waals surface area (Å²) >= 11 is 1.65. The molecule has 0 fully saturated rings. The normalized spacial score (nSPS) is 10.8. The van der Waals surface area contributed by atoms with Crippen LogP contribution >= 0.6 is 11.3 Å². The van der Waals surface area contributed by atoms with E-state index in [9.17, 15) is 4.79 Å². The minimum atomic E-state index is -0.200. The number of ether oxygens (including phenoxy) is 2. The lowest BCUT2D eigenvalue weighted by atomic mass is 10.1. The van der Waals surface area contributed by atoms with Crippen LogP contribution in [0.2, 0.25) is 0 Å². The molecule has 9 heteroatoms. The van der Waals surface area contributed by atoms with Gasteiger partial charge in [0.05, 0.1) is 31.3 Å². The Hall–Kier alpha value is -3.59. The molecular weight excluding hydrogens is 414 g/mol. The molecule has 0 aliphatic rings. The van der Waals surface area contributed by atoms with E-state index >= 15 is 0 Å². The van der Waals surface area contributed by atoms with Crippen LogP contribution in [-0.4, -0.2) is 46.2 Å². The fourth-order valence-corrected chi connectivity index (χ4v) is 3.93. The molecule has 31 heavy (non-hydrogen) atoms. The number of nitrogens with one attached hydrogen (secondary N) is 1. The molecule has 0 spiro atoms. The van der Waals surface area contributed by atoms with Gasteiger partial charge in [-0.25, -0.2) is 0 Å². The van der Waals surface area contributed by atoms with Crippen LogP contribution in [-0.2, 0) is 13.6 Å². The highest BCUT2D eigenvalue weighted by Gasteiger charge is 2.17. The number of aromatic nitrogens is 4. The average Bonchev–Trinajstić information content (AvgIpc) is 3.54. The van der Waals surface area contributed by atoms with Crippen molar-refractivity contribution < 1.29 is 14.3 Å². The standard InChI is InChI=1S/C22H23N5O3S/c1-26-19(14-18(24-26)16-13-15(29-2)6-7-20(16)30-3)22(28)23-9-11-27-10-8-17(25-27)21-5-4-12-31-21/h4-8,10,12-14H,9,11H2,1-3H3,(H,23,28). The summed E-state index contributed by atoms with van der Waals surface area (Å²) in [5.74, 6) is 1.15. The van der Waals surface area contributed by atoms with Gasteiger partial charge in [0.2, 0.25) is 0 Å². The van der Waals surface area contributed by atoms with Gasteiger partial charge in [-0.3, -0.25) is 14.2 Å². The molecule has 1 amide bonds. The summed E-state index contributed by atoms with van der Waals surface area (Å²) in [5.41, 5.74) is 2.79. The molecule has 1 N–H and O–H groups in total. The van der Waals surface area contributed by atoms with Crippen molar-refractivity contribution in [3.63, 3.8) is 0 Å². The highest BCUT2D eigenvalue weighted by molar-refractivity contribution is 7.13. The van der Waals surface area contributed by atoms with Crippen molar-refractivity contribution in [1.29, 1.82) is 0 Å². The smallest absolute Gasteiger partial charge is 0.269 e. The maximum atomic E-state index is 12.7. The van der Waals surface area contributed by atoms with Gasteiger partial charge in [-0.15, -0.1) is 11.3 Å². The van der Waals surface area contributed by atoms with E-state index in [0.717, 1.165) is 16.1 Å². The molecule has 0 aliphatic heterocycles. The van der Waals surface area contributed by atoms with Crippen LogP contribution in [0.5, 0.6) is 11.5 Å². The third-order valence-electron chi connectivity index (χ3n) is 4.84. The second kappa shape index (κ2) is 9.05. The minimum absolute atomic E-state index is 0.200. The third kappa shape index (κ3) is 4.46. The van der Waals surface area contributed by atoms with Crippen LogP contribution in [0.15, 0.2) is 54.0 Å². The first-order valence-electron chi connectivity index (χ1n) is 9.71. The van der Waals surface area contributed by atoms with E-state index in [0.29, 0.717) is 36.0 Å². The van der Waals surface area contributed by atoms with Gasteiger partial charge in [-0.2, -0.15) is 10.2 Å². The highest BCUT2D eigenvalue weighted by atomic mass is 32.1. The summed E-state index contributed by atoms with van der Waals surface area (Å²) in [5, 5.41) is 14.0. The average molecular weight is 438 g/mol. The fraction of sp³-hybridized carbons (Fsp3) is 0.227. The fourth-order valence-electron chi connectivity index (χ4n) is 3.24. The third-order valence-corrected chi connectivity index (χ3v) is 5.73. The molecule has 0 saturated heterocycles. The van der Waals surface area contributed by atoms with E-state index in [2.05, 4.69) is 15.5 Å². The van der Waals surface area contributed by atoms with Crippen molar-refractivity contribution in [3.8, 4) is 33.3 Å². The second-order valence-electron chi connectivity index (χ2n) is 6.80. The number of amides is 1. The number of hydrogen-bond donors (Lipinski definition) is 1. The van der Waals surface area contributed by atoms with E-state index in [-0.39, 0.29) is 5.91 Å². The number of carbonyl (C=O) groups is 1. The number of hydrogen-bond acceptors (Lipinski definition) is 6. The van der Waals surface area contributed by atoms with E-state index in [4.69, 9.17) is 9.47 Å². The van der Waals surface area contributed by atoms with Gasteiger partial charge >= 0.3 is 0 Å². The van der Waals surface area contributed by atoms with Crippen molar-refractivity contribution in [3.05, 3.63) is 59.7 Å². The summed E-state index contributed by atoms with van der Waals surface area (Å²) in [7, 11) is 4.94. The second-order valence-corrected chi connectivity index (χ2v) is 7.75. The molecule has 0 atom stereocenters. The van der Waals surface area contributed by atoms with Crippen LogP contribution < -0.4 is 14.8 Å². The van der Waals surface area contributed by atoms with Crippen LogP contribution in [0, 0.1) is 0 Å². The Balaban J connectivity index is 1.42. The number of nitrogens with zero attached hydrogens (tertiary/aromatic N) is 4. The minimum Gasteiger partial charge on any atom is -0.497 e. The Morgan fingerprint density at radius 1 is 1.10 bits per heavy atom. The number of rotatable bonds is 8. The van der Waals surface area contributed by atoms with Crippen LogP contribution in [0.4, 0.5) is 0 Å². The van der Waals surface area contributed by atoms with Gasteiger partial charge in [-0.05, 0) is 41.8 Å². The van der Waals surface area contributed by atoms with Crippen LogP contribution in [0.25, 0.3) is 21.8 Å². The SMILES string of the molecule is COc1ccc(OC)c(-c2cc(C(=O)NCCn3ccc(-c4cccs4)n3)n(C)n2)c1. The number of methoxy groups -OCH3 is 2. The zero-order valence-electron chi connectivity index (χ0n) is 17.5. The van der Waals surface area contributed by atoms with Gasteiger partial charge in [0.1, 0.15) is 22.9 Å². The van der Waals surface area contributed by atoms with Gasteiger partial charge in [0.25, 0.3) is 5.91 Å². The van der Waals surface area contributed by atoms with E-state index in [1.807, 2.05) is 52.7 Å². The lowest BCUT2D eigenvalue weighted by molar-refractivity contribution is 0.0942. The Kier molecular flexibility index (Phi) is 6.03. The molecule has 4 rings (SSSR count). The molecule has 4 aromatic rings. The molecule has 1 aromatic carbocycles. The van der Waals surface area contributed by atoms with Crippen LogP contribution in [0.1, 0.15) is 10.5 Å². The Morgan fingerprint density at radius 2 is 1.97 bits per heavy atom. The monoisotopic (exact) mass is 437 g/mol. The Morgan fingerprint density at radius 3 is 2.71 bits per heavy atom. The zero-order valence-corrected chi connectivity index (χ0v) is 18.3. The van der Waals surface area contributed by atoms with Crippen molar-refractivity contribution in [2.45, 2.75) is 6.54 Å². The van der Waals surface area contributed by atoms with Gasteiger partial charge in [0.15, 0.2) is 0 Å². The quantitative estimate of drug-likeness (QED) is 0.456. The maximum absolute atomic E-state index is 12.7. The lowest BCUT2D eigenvalue weighted by Gasteiger charge is -2.08. The molecule has 3 aromatic heterocycles. The zero-order chi connectivity index (χ0) is 21.8. The number of thiophene rings is 1. The summed E-state index contributed by atoms with van der Waals surface area (Å²) in [4.78, 5) is 13.8. The van der Waals surface area contributed by atoms with E-state index in [1.165, 1.54) is 0 Å². The molecular formula is C22H23N5O3S. The first kappa shape index (κ1) is 20.7. The predicted octanol–water partition coefficient (Wildman–Crippen LogP) is 3.46.